The Balaban J connectivity index is 1.81. The van der Waals surface area contributed by atoms with Crippen molar-refractivity contribution in [3.8, 4) is 6.07 Å². The van der Waals surface area contributed by atoms with E-state index in [1.165, 1.54) is 18.4 Å². The topological polar surface area (TPSA) is 35.8 Å². The third-order valence-corrected chi connectivity index (χ3v) is 3.07. The first kappa shape index (κ1) is 10.2. The predicted octanol–water partition coefficient (Wildman–Crippen LogP) is 2.45. The predicted molar refractivity (Wildman–Crippen MR) is 60.2 cm³/mol. The first-order valence-corrected chi connectivity index (χ1v) is 5.42. The zero-order chi connectivity index (χ0) is 10.7. The second-order valence-corrected chi connectivity index (χ2v) is 4.72. The number of nitrogens with one attached hydrogen (secondary N) is 1. The lowest BCUT2D eigenvalue weighted by Gasteiger charge is -2.09. The van der Waals surface area contributed by atoms with Crippen LogP contribution in [0.1, 0.15) is 30.9 Å². The molecule has 0 heterocycles. The number of nitriles is 1. The number of nitrogens with zero attached hydrogens (tertiary/aromatic N) is 1. The number of benzene rings is 1. The van der Waals surface area contributed by atoms with Gasteiger partial charge in [0, 0.05) is 13.1 Å². The van der Waals surface area contributed by atoms with Gasteiger partial charge in [-0.25, -0.2) is 0 Å². The summed E-state index contributed by atoms with van der Waals surface area (Å²) in [6.45, 7) is 4.33. The molecule has 78 valence electrons. The molecular formula is C13H16N2. The Morgan fingerprint density at radius 3 is 2.53 bits per heavy atom. The summed E-state index contributed by atoms with van der Waals surface area (Å²) in [5.74, 6) is 0. The van der Waals surface area contributed by atoms with E-state index < -0.39 is 0 Å². The maximum absolute atomic E-state index is 8.65. The van der Waals surface area contributed by atoms with E-state index in [-0.39, 0.29) is 0 Å². The van der Waals surface area contributed by atoms with E-state index in [1.807, 2.05) is 24.3 Å². The molecule has 1 aliphatic carbocycles. The van der Waals surface area contributed by atoms with Gasteiger partial charge in [0.2, 0.25) is 0 Å². The molecule has 1 aromatic carbocycles. The Kier molecular flexibility index (Phi) is 2.75. The Morgan fingerprint density at radius 1 is 1.33 bits per heavy atom. The van der Waals surface area contributed by atoms with E-state index in [0.29, 0.717) is 5.41 Å². The van der Waals surface area contributed by atoms with E-state index in [2.05, 4.69) is 18.3 Å². The molecule has 0 spiro atoms. The fraction of sp³-hybridized carbons (Fsp3) is 0.462. The first-order valence-electron chi connectivity index (χ1n) is 5.42. The van der Waals surface area contributed by atoms with Gasteiger partial charge in [0.05, 0.1) is 11.6 Å². The van der Waals surface area contributed by atoms with Crippen LogP contribution < -0.4 is 5.32 Å². The summed E-state index contributed by atoms with van der Waals surface area (Å²) in [4.78, 5) is 0. The van der Waals surface area contributed by atoms with E-state index in [0.717, 1.165) is 18.7 Å². The van der Waals surface area contributed by atoms with Crippen LogP contribution in [0.3, 0.4) is 0 Å². The van der Waals surface area contributed by atoms with Crippen LogP contribution in [0, 0.1) is 16.7 Å². The second-order valence-electron chi connectivity index (χ2n) is 4.72. The normalized spacial score (nSPS) is 17.1. The van der Waals surface area contributed by atoms with Crippen LogP contribution in [0.2, 0.25) is 0 Å². The summed E-state index contributed by atoms with van der Waals surface area (Å²) in [5.41, 5.74) is 2.54. The van der Waals surface area contributed by atoms with Gasteiger partial charge in [-0.15, -0.1) is 0 Å². The van der Waals surface area contributed by atoms with Crippen molar-refractivity contribution in [3.63, 3.8) is 0 Å². The van der Waals surface area contributed by atoms with Crippen LogP contribution in [0.4, 0.5) is 0 Å². The fourth-order valence-corrected chi connectivity index (χ4v) is 1.60. The van der Waals surface area contributed by atoms with Crippen LogP contribution >= 0.6 is 0 Å². The highest BCUT2D eigenvalue weighted by molar-refractivity contribution is 5.31. The van der Waals surface area contributed by atoms with Gasteiger partial charge in [0.25, 0.3) is 0 Å². The molecule has 1 saturated carbocycles. The molecule has 0 bridgehead atoms. The van der Waals surface area contributed by atoms with E-state index in [4.69, 9.17) is 5.26 Å². The monoisotopic (exact) mass is 200 g/mol. The van der Waals surface area contributed by atoms with E-state index in [1.54, 1.807) is 0 Å². The summed E-state index contributed by atoms with van der Waals surface area (Å²) in [7, 11) is 0. The molecule has 0 amide bonds. The van der Waals surface area contributed by atoms with Gasteiger partial charge in [0.15, 0.2) is 0 Å². The molecule has 2 nitrogen and oxygen atoms in total. The van der Waals surface area contributed by atoms with Gasteiger partial charge in [-0.2, -0.15) is 5.26 Å². The van der Waals surface area contributed by atoms with Gasteiger partial charge in [-0.1, -0.05) is 19.1 Å². The molecule has 0 unspecified atom stereocenters. The van der Waals surface area contributed by atoms with Gasteiger partial charge in [0.1, 0.15) is 0 Å². The summed E-state index contributed by atoms with van der Waals surface area (Å²) in [6.07, 6.45) is 2.71. The molecule has 2 heteroatoms. The Bertz CT molecular complexity index is 369. The van der Waals surface area contributed by atoms with Crippen molar-refractivity contribution in [1.82, 2.24) is 5.32 Å². The lowest BCUT2D eigenvalue weighted by atomic mass is 10.1. The zero-order valence-electron chi connectivity index (χ0n) is 9.09. The molecule has 0 atom stereocenters. The minimum Gasteiger partial charge on any atom is -0.312 e. The molecule has 0 aliphatic heterocycles. The molecule has 1 aromatic rings. The van der Waals surface area contributed by atoms with Crippen LogP contribution in [0.15, 0.2) is 24.3 Å². The molecule has 0 aromatic heterocycles. The van der Waals surface area contributed by atoms with Gasteiger partial charge < -0.3 is 5.32 Å². The molecule has 0 radical (unpaired) electrons. The standard InChI is InChI=1S/C13H16N2/c1-13(6-7-13)10-15-9-12-4-2-11(8-14)3-5-12/h2-5,15H,6-7,9-10H2,1H3. The van der Waals surface area contributed by atoms with Crippen LogP contribution in [-0.4, -0.2) is 6.54 Å². The van der Waals surface area contributed by atoms with Crippen LogP contribution in [-0.2, 0) is 6.54 Å². The SMILES string of the molecule is CC1(CNCc2ccc(C#N)cc2)CC1. The van der Waals surface area contributed by atoms with Crippen molar-refractivity contribution in [2.75, 3.05) is 6.54 Å². The van der Waals surface area contributed by atoms with E-state index in [9.17, 15) is 0 Å². The summed E-state index contributed by atoms with van der Waals surface area (Å²) in [6, 6.07) is 9.90. The van der Waals surface area contributed by atoms with E-state index >= 15 is 0 Å². The molecule has 15 heavy (non-hydrogen) atoms. The Morgan fingerprint density at radius 2 is 2.00 bits per heavy atom. The summed E-state index contributed by atoms with van der Waals surface area (Å²) >= 11 is 0. The third kappa shape index (κ3) is 2.81. The average Bonchev–Trinajstić information content (AvgIpc) is 2.98. The Hall–Kier alpha value is -1.33. The lowest BCUT2D eigenvalue weighted by molar-refractivity contribution is 0.499. The van der Waals surface area contributed by atoms with Crippen LogP contribution in [0.5, 0.6) is 0 Å². The summed E-state index contributed by atoms with van der Waals surface area (Å²) in [5, 5.41) is 12.1. The number of hydrogen-bond donors (Lipinski definition) is 1. The average molecular weight is 200 g/mol. The molecule has 1 aliphatic rings. The van der Waals surface area contributed by atoms with Gasteiger partial charge in [-0.3, -0.25) is 0 Å². The highest BCUT2D eigenvalue weighted by Gasteiger charge is 2.36. The smallest absolute Gasteiger partial charge is 0.0991 e. The zero-order valence-corrected chi connectivity index (χ0v) is 9.09. The van der Waals surface area contributed by atoms with Crippen molar-refractivity contribution in [2.45, 2.75) is 26.3 Å². The van der Waals surface area contributed by atoms with Crippen molar-refractivity contribution in [3.05, 3.63) is 35.4 Å². The second kappa shape index (κ2) is 4.04. The largest absolute Gasteiger partial charge is 0.312 e. The molecule has 1 fully saturated rings. The fourth-order valence-electron chi connectivity index (χ4n) is 1.60. The number of hydrogen-bond acceptors (Lipinski definition) is 2. The number of rotatable bonds is 4. The van der Waals surface area contributed by atoms with Crippen molar-refractivity contribution < 1.29 is 0 Å². The van der Waals surface area contributed by atoms with Crippen molar-refractivity contribution >= 4 is 0 Å². The molecule has 1 N–H and O–H groups in total. The highest BCUT2D eigenvalue weighted by atomic mass is 14.9. The summed E-state index contributed by atoms with van der Waals surface area (Å²) < 4.78 is 0. The first-order chi connectivity index (χ1) is 7.22. The quantitative estimate of drug-likeness (QED) is 0.810. The molecular weight excluding hydrogens is 184 g/mol. The van der Waals surface area contributed by atoms with Crippen LogP contribution in [0.25, 0.3) is 0 Å². The lowest BCUT2D eigenvalue weighted by Crippen LogP contribution is -2.21. The Labute approximate surface area is 90.9 Å². The minimum absolute atomic E-state index is 0.562. The molecule has 2 rings (SSSR count). The highest BCUT2D eigenvalue weighted by Crippen LogP contribution is 2.44. The molecule has 0 saturated heterocycles. The van der Waals surface area contributed by atoms with Crippen molar-refractivity contribution in [2.24, 2.45) is 5.41 Å². The van der Waals surface area contributed by atoms with Gasteiger partial charge >= 0.3 is 0 Å². The maximum Gasteiger partial charge on any atom is 0.0991 e. The van der Waals surface area contributed by atoms with Crippen molar-refractivity contribution in [1.29, 1.82) is 5.26 Å². The maximum atomic E-state index is 8.65. The minimum atomic E-state index is 0.562. The van der Waals surface area contributed by atoms with Gasteiger partial charge in [-0.05, 0) is 36.0 Å². The third-order valence-electron chi connectivity index (χ3n) is 3.07.